The first-order valence-corrected chi connectivity index (χ1v) is 7.01. The highest BCUT2D eigenvalue weighted by atomic mass is 15.0. The molecule has 2 rings (SSSR count). The molecule has 1 aliphatic rings. The van der Waals surface area contributed by atoms with Gasteiger partial charge in [-0.2, -0.15) is 5.26 Å². The molecule has 1 heterocycles. The molecule has 102 valence electrons. The van der Waals surface area contributed by atoms with Crippen LogP contribution in [-0.2, 0) is 0 Å². The predicted octanol–water partition coefficient (Wildman–Crippen LogP) is 3.06. The molecule has 1 saturated heterocycles. The lowest BCUT2D eigenvalue weighted by Crippen LogP contribution is -2.50. The number of hydrogen-bond donors (Lipinski definition) is 2. The quantitative estimate of drug-likeness (QED) is 0.875. The Hall–Kier alpha value is -1.53. The minimum absolute atomic E-state index is 0.308. The summed E-state index contributed by atoms with van der Waals surface area (Å²) in [7, 11) is 0. The number of rotatable bonds is 3. The Bertz CT molecular complexity index is 485. The number of nitrogens with one attached hydrogen (secondary N) is 2. The molecule has 0 aliphatic carbocycles. The highest BCUT2D eigenvalue weighted by Crippen LogP contribution is 2.30. The number of benzene rings is 1. The zero-order valence-electron chi connectivity index (χ0n) is 12.1. The van der Waals surface area contributed by atoms with Crippen molar-refractivity contribution in [1.82, 2.24) is 5.32 Å². The largest absolute Gasteiger partial charge is 0.382 e. The van der Waals surface area contributed by atoms with Crippen molar-refractivity contribution in [2.24, 2.45) is 5.41 Å². The van der Waals surface area contributed by atoms with E-state index < -0.39 is 0 Å². The fourth-order valence-electron chi connectivity index (χ4n) is 2.74. The second-order valence-electron chi connectivity index (χ2n) is 6.14. The maximum absolute atomic E-state index is 9.18. The highest BCUT2D eigenvalue weighted by molar-refractivity contribution is 5.58. The molecule has 0 amide bonds. The van der Waals surface area contributed by atoms with Crippen LogP contribution in [0.4, 0.5) is 5.69 Å². The summed E-state index contributed by atoms with van der Waals surface area (Å²) in [6.07, 6.45) is 2.50. The minimum atomic E-state index is 0.308. The van der Waals surface area contributed by atoms with Crippen molar-refractivity contribution in [3.8, 4) is 6.07 Å². The smallest absolute Gasteiger partial charge is 0.101 e. The molecule has 1 aromatic carbocycles. The zero-order valence-corrected chi connectivity index (χ0v) is 12.1. The molecule has 0 spiro atoms. The van der Waals surface area contributed by atoms with E-state index in [9.17, 15) is 5.26 Å². The van der Waals surface area contributed by atoms with Gasteiger partial charge in [0, 0.05) is 12.6 Å². The second kappa shape index (κ2) is 5.63. The molecule has 1 atom stereocenters. The summed E-state index contributed by atoms with van der Waals surface area (Å²) < 4.78 is 0. The van der Waals surface area contributed by atoms with Gasteiger partial charge in [0.2, 0.25) is 0 Å². The van der Waals surface area contributed by atoms with Gasteiger partial charge in [-0.25, -0.2) is 0 Å². The van der Waals surface area contributed by atoms with E-state index in [2.05, 4.69) is 30.6 Å². The monoisotopic (exact) mass is 257 g/mol. The van der Waals surface area contributed by atoms with Crippen LogP contribution in [0.25, 0.3) is 0 Å². The Labute approximate surface area is 116 Å². The third kappa shape index (κ3) is 3.27. The van der Waals surface area contributed by atoms with E-state index >= 15 is 0 Å². The normalized spacial score (nSPS) is 21.7. The van der Waals surface area contributed by atoms with Gasteiger partial charge in [0.05, 0.1) is 11.3 Å². The Morgan fingerprint density at radius 2 is 2.26 bits per heavy atom. The van der Waals surface area contributed by atoms with E-state index in [1.165, 1.54) is 12.8 Å². The molecule has 1 fully saturated rings. The van der Waals surface area contributed by atoms with Crippen LogP contribution in [0.2, 0.25) is 0 Å². The van der Waals surface area contributed by atoms with Crippen LogP contribution in [0.15, 0.2) is 18.2 Å². The Balaban J connectivity index is 2.04. The zero-order chi connectivity index (χ0) is 13.9. The summed E-state index contributed by atoms with van der Waals surface area (Å²) >= 11 is 0. The van der Waals surface area contributed by atoms with E-state index in [-0.39, 0.29) is 0 Å². The van der Waals surface area contributed by atoms with Crippen molar-refractivity contribution >= 4 is 5.69 Å². The Morgan fingerprint density at radius 1 is 1.47 bits per heavy atom. The van der Waals surface area contributed by atoms with Gasteiger partial charge in [0.25, 0.3) is 0 Å². The van der Waals surface area contributed by atoms with Gasteiger partial charge in [-0.3, -0.25) is 0 Å². The first-order valence-electron chi connectivity index (χ1n) is 7.01. The Morgan fingerprint density at radius 3 is 2.95 bits per heavy atom. The maximum Gasteiger partial charge on any atom is 0.101 e. The van der Waals surface area contributed by atoms with Gasteiger partial charge in [0.15, 0.2) is 0 Å². The van der Waals surface area contributed by atoms with E-state index in [1.54, 1.807) is 0 Å². The molecule has 1 aromatic rings. The lowest BCUT2D eigenvalue weighted by molar-refractivity contribution is 0.188. The molecule has 0 radical (unpaired) electrons. The van der Waals surface area contributed by atoms with Crippen LogP contribution in [0.1, 0.15) is 37.8 Å². The average molecular weight is 257 g/mol. The molecule has 1 unspecified atom stereocenters. The topological polar surface area (TPSA) is 47.8 Å². The lowest BCUT2D eigenvalue weighted by atomic mass is 9.77. The summed E-state index contributed by atoms with van der Waals surface area (Å²) in [5, 5.41) is 16.2. The third-order valence-electron chi connectivity index (χ3n) is 4.12. The number of nitrogens with zero attached hydrogens (tertiary/aromatic N) is 1. The van der Waals surface area contributed by atoms with Crippen molar-refractivity contribution in [1.29, 1.82) is 5.26 Å². The van der Waals surface area contributed by atoms with E-state index in [0.717, 1.165) is 29.9 Å². The molecule has 3 nitrogen and oxygen atoms in total. The van der Waals surface area contributed by atoms with E-state index in [1.807, 2.05) is 25.1 Å². The fourth-order valence-corrected chi connectivity index (χ4v) is 2.74. The van der Waals surface area contributed by atoms with Crippen molar-refractivity contribution in [2.75, 3.05) is 18.4 Å². The van der Waals surface area contributed by atoms with Crippen LogP contribution < -0.4 is 10.6 Å². The van der Waals surface area contributed by atoms with Crippen molar-refractivity contribution in [3.05, 3.63) is 29.3 Å². The molecule has 19 heavy (non-hydrogen) atoms. The van der Waals surface area contributed by atoms with Gasteiger partial charge in [-0.1, -0.05) is 19.9 Å². The van der Waals surface area contributed by atoms with Gasteiger partial charge < -0.3 is 10.6 Å². The number of anilines is 1. The lowest BCUT2D eigenvalue weighted by Gasteiger charge is -2.39. The average Bonchev–Trinajstić information content (AvgIpc) is 2.38. The summed E-state index contributed by atoms with van der Waals surface area (Å²) in [5.41, 5.74) is 3.10. The van der Waals surface area contributed by atoms with Gasteiger partial charge in [-0.15, -0.1) is 0 Å². The SMILES string of the molecule is Cc1ccc(NCC2NCCCC2(C)C)c(C#N)c1. The minimum Gasteiger partial charge on any atom is -0.382 e. The number of hydrogen-bond acceptors (Lipinski definition) is 3. The van der Waals surface area contributed by atoms with Gasteiger partial charge in [0.1, 0.15) is 6.07 Å². The molecule has 1 aliphatic heterocycles. The van der Waals surface area contributed by atoms with Crippen LogP contribution in [0.5, 0.6) is 0 Å². The molecule has 3 heteroatoms. The second-order valence-corrected chi connectivity index (χ2v) is 6.14. The van der Waals surface area contributed by atoms with E-state index in [0.29, 0.717) is 11.5 Å². The van der Waals surface area contributed by atoms with Crippen molar-refractivity contribution < 1.29 is 0 Å². The number of aryl methyl sites for hydroxylation is 1. The van der Waals surface area contributed by atoms with Crippen LogP contribution in [0.3, 0.4) is 0 Å². The Kier molecular flexibility index (Phi) is 4.11. The molecule has 0 bridgehead atoms. The van der Waals surface area contributed by atoms with Crippen molar-refractivity contribution in [3.63, 3.8) is 0 Å². The summed E-state index contributed by atoms with van der Waals surface area (Å²) in [6, 6.07) is 8.70. The molecular formula is C16H23N3. The van der Waals surface area contributed by atoms with Gasteiger partial charge >= 0.3 is 0 Å². The molecular weight excluding hydrogens is 234 g/mol. The van der Waals surface area contributed by atoms with Crippen LogP contribution >= 0.6 is 0 Å². The van der Waals surface area contributed by atoms with Crippen LogP contribution in [-0.4, -0.2) is 19.1 Å². The number of nitriles is 1. The summed E-state index contributed by atoms with van der Waals surface area (Å²) in [5.74, 6) is 0. The van der Waals surface area contributed by atoms with Crippen molar-refractivity contribution in [2.45, 2.75) is 39.7 Å². The summed E-state index contributed by atoms with van der Waals surface area (Å²) in [6.45, 7) is 8.59. The molecule has 0 saturated carbocycles. The fraction of sp³-hybridized carbons (Fsp3) is 0.562. The van der Waals surface area contributed by atoms with Crippen LogP contribution in [0, 0.1) is 23.7 Å². The van der Waals surface area contributed by atoms with Gasteiger partial charge in [-0.05, 0) is 49.4 Å². The van der Waals surface area contributed by atoms with E-state index in [4.69, 9.17) is 0 Å². The third-order valence-corrected chi connectivity index (χ3v) is 4.12. The maximum atomic E-state index is 9.18. The highest BCUT2D eigenvalue weighted by Gasteiger charge is 2.31. The first kappa shape index (κ1) is 13.9. The number of piperidine rings is 1. The predicted molar refractivity (Wildman–Crippen MR) is 79.2 cm³/mol. The molecule has 0 aromatic heterocycles. The summed E-state index contributed by atoms with van der Waals surface area (Å²) in [4.78, 5) is 0. The molecule has 2 N–H and O–H groups in total. The first-order chi connectivity index (χ1) is 9.03. The standard InChI is InChI=1S/C16H23N3/c1-12-5-6-14(13(9-12)10-17)19-11-15-16(2,3)7-4-8-18-15/h5-6,9,15,18-19H,4,7-8,11H2,1-3H3.